The van der Waals surface area contributed by atoms with Gasteiger partial charge < -0.3 is 14.8 Å². The van der Waals surface area contributed by atoms with Crippen molar-refractivity contribution in [3.05, 3.63) is 65.2 Å². The zero-order chi connectivity index (χ0) is 21.8. The Balaban J connectivity index is 1.22. The van der Waals surface area contributed by atoms with Gasteiger partial charge in [-0.2, -0.15) is 0 Å². The zero-order valence-electron chi connectivity index (χ0n) is 18.9. The van der Waals surface area contributed by atoms with Gasteiger partial charge in [0.2, 0.25) is 5.91 Å². The predicted octanol–water partition coefficient (Wildman–Crippen LogP) is 4.34. The van der Waals surface area contributed by atoms with E-state index in [1.54, 1.807) is 0 Å². The lowest BCUT2D eigenvalue weighted by Gasteiger charge is -2.44. The molecule has 1 spiro atoms. The van der Waals surface area contributed by atoms with Crippen LogP contribution in [0.4, 0.5) is 5.69 Å². The molecule has 2 fully saturated rings. The molecule has 0 bridgehead atoms. The summed E-state index contributed by atoms with van der Waals surface area (Å²) in [5.74, 6) is 0.0640. The van der Waals surface area contributed by atoms with Crippen molar-refractivity contribution in [1.29, 1.82) is 0 Å². The molecular weight excluding hydrogens is 400 g/mol. The fraction of sp³-hybridized carbons (Fsp3) is 0.519. The highest BCUT2D eigenvalue weighted by atomic mass is 16.6. The van der Waals surface area contributed by atoms with E-state index in [-0.39, 0.29) is 17.6 Å². The number of benzene rings is 2. The van der Waals surface area contributed by atoms with Crippen molar-refractivity contribution in [2.24, 2.45) is 0 Å². The standard InChI is InChI=1S/C27H34N2O3/c30-26(28-24-13-6-11-22-10-4-5-12-23(22)24)19-29-16-15-27(14-7-17-32-27)25(18-29)31-20-21-8-2-1-3-9-21/h1-3,6,8-9,11,13,25H,4-5,7,10,12,14-20H2,(H,28,30)/t25-,27-/m1/s1. The van der Waals surface area contributed by atoms with Crippen LogP contribution >= 0.6 is 0 Å². The number of carbonyl (C=O) groups is 1. The third kappa shape index (κ3) is 4.75. The molecule has 2 atom stereocenters. The van der Waals surface area contributed by atoms with Crippen LogP contribution < -0.4 is 5.32 Å². The van der Waals surface area contributed by atoms with E-state index in [0.29, 0.717) is 13.2 Å². The first-order valence-corrected chi connectivity index (χ1v) is 12.1. The van der Waals surface area contributed by atoms with Crippen LogP contribution in [0.3, 0.4) is 0 Å². The lowest BCUT2D eigenvalue weighted by molar-refractivity contribution is -0.159. The van der Waals surface area contributed by atoms with Crippen LogP contribution in [0.5, 0.6) is 0 Å². The van der Waals surface area contributed by atoms with Gasteiger partial charge in [0, 0.05) is 25.4 Å². The van der Waals surface area contributed by atoms with Crippen molar-refractivity contribution in [3.8, 4) is 0 Å². The van der Waals surface area contributed by atoms with Crippen molar-refractivity contribution >= 4 is 11.6 Å². The molecule has 0 aromatic heterocycles. The summed E-state index contributed by atoms with van der Waals surface area (Å²) in [5, 5.41) is 3.20. The number of likely N-dealkylation sites (tertiary alicyclic amines) is 1. The number of carbonyl (C=O) groups excluding carboxylic acids is 1. The number of hydrogen-bond donors (Lipinski definition) is 1. The number of hydrogen-bond acceptors (Lipinski definition) is 4. The minimum absolute atomic E-state index is 0.0174. The van der Waals surface area contributed by atoms with Gasteiger partial charge in [-0.05, 0) is 67.7 Å². The van der Waals surface area contributed by atoms with Crippen LogP contribution in [0.1, 0.15) is 48.8 Å². The van der Waals surface area contributed by atoms with E-state index in [4.69, 9.17) is 9.47 Å². The highest BCUT2D eigenvalue weighted by Crippen LogP contribution is 2.38. The lowest BCUT2D eigenvalue weighted by atomic mass is 9.85. The molecule has 3 aliphatic rings. The Morgan fingerprint density at radius 2 is 1.94 bits per heavy atom. The first-order valence-electron chi connectivity index (χ1n) is 12.1. The Hall–Kier alpha value is -2.21. The minimum atomic E-state index is -0.194. The highest BCUT2D eigenvalue weighted by molar-refractivity contribution is 5.93. The topological polar surface area (TPSA) is 50.8 Å². The average Bonchev–Trinajstić information content (AvgIpc) is 3.30. The molecule has 1 N–H and O–H groups in total. The van der Waals surface area contributed by atoms with Crippen LogP contribution in [0, 0.1) is 0 Å². The largest absolute Gasteiger partial charge is 0.372 e. The van der Waals surface area contributed by atoms with E-state index in [2.05, 4.69) is 34.5 Å². The molecule has 5 rings (SSSR count). The third-order valence-corrected chi connectivity index (χ3v) is 7.33. The summed E-state index contributed by atoms with van der Waals surface area (Å²) in [5.41, 5.74) is 4.69. The summed E-state index contributed by atoms with van der Waals surface area (Å²) in [7, 11) is 0. The maximum atomic E-state index is 12.9. The second kappa shape index (κ2) is 9.74. The monoisotopic (exact) mass is 434 g/mol. The molecule has 1 aliphatic carbocycles. The van der Waals surface area contributed by atoms with E-state index >= 15 is 0 Å². The van der Waals surface area contributed by atoms with Crippen molar-refractivity contribution in [1.82, 2.24) is 4.90 Å². The predicted molar refractivity (Wildman–Crippen MR) is 126 cm³/mol. The third-order valence-electron chi connectivity index (χ3n) is 7.33. The van der Waals surface area contributed by atoms with Crippen molar-refractivity contribution in [2.75, 3.05) is 31.6 Å². The van der Waals surface area contributed by atoms with Gasteiger partial charge in [0.1, 0.15) is 0 Å². The smallest absolute Gasteiger partial charge is 0.238 e. The zero-order valence-corrected chi connectivity index (χ0v) is 18.9. The van der Waals surface area contributed by atoms with Gasteiger partial charge in [-0.3, -0.25) is 9.69 Å². The Bertz CT molecular complexity index is 924. The van der Waals surface area contributed by atoms with E-state index in [9.17, 15) is 4.79 Å². The maximum Gasteiger partial charge on any atom is 0.238 e. The summed E-state index contributed by atoms with van der Waals surface area (Å²) in [6, 6.07) is 16.6. The Kier molecular flexibility index (Phi) is 6.58. The minimum Gasteiger partial charge on any atom is -0.372 e. The fourth-order valence-corrected chi connectivity index (χ4v) is 5.58. The summed E-state index contributed by atoms with van der Waals surface area (Å²) in [6.07, 6.45) is 7.66. The fourth-order valence-electron chi connectivity index (χ4n) is 5.58. The van der Waals surface area contributed by atoms with Crippen LogP contribution in [0.15, 0.2) is 48.5 Å². The number of fused-ring (bicyclic) bond motifs is 1. The van der Waals surface area contributed by atoms with Gasteiger partial charge in [-0.1, -0.05) is 42.5 Å². The Labute approximate surface area is 191 Å². The second-order valence-electron chi connectivity index (χ2n) is 9.49. The number of aryl methyl sites for hydroxylation is 1. The summed E-state index contributed by atoms with van der Waals surface area (Å²) >= 11 is 0. The normalized spacial score (nSPS) is 25.6. The average molecular weight is 435 g/mol. The van der Waals surface area contributed by atoms with Crippen LogP contribution in [0.2, 0.25) is 0 Å². The quantitative estimate of drug-likeness (QED) is 0.735. The summed E-state index contributed by atoms with van der Waals surface area (Å²) < 4.78 is 12.7. The molecule has 2 aromatic rings. The molecule has 2 aromatic carbocycles. The van der Waals surface area contributed by atoms with Crippen LogP contribution in [0.25, 0.3) is 0 Å². The van der Waals surface area contributed by atoms with E-state index in [1.165, 1.54) is 29.5 Å². The highest BCUT2D eigenvalue weighted by Gasteiger charge is 2.47. The van der Waals surface area contributed by atoms with Gasteiger partial charge in [0.05, 0.1) is 24.9 Å². The number of amides is 1. The van der Waals surface area contributed by atoms with Crippen molar-refractivity contribution < 1.29 is 14.3 Å². The molecule has 2 saturated heterocycles. The molecule has 2 heterocycles. The number of ether oxygens (including phenoxy) is 2. The summed E-state index contributed by atoms with van der Waals surface area (Å²) in [4.78, 5) is 15.2. The first-order chi connectivity index (χ1) is 15.7. The van der Waals surface area contributed by atoms with Gasteiger partial charge in [0.25, 0.3) is 0 Å². The SMILES string of the molecule is O=C(CN1CC[C@]2(CCCO2)[C@H](OCc2ccccc2)C1)Nc1cccc2c1CCCC2. The number of anilines is 1. The van der Waals surface area contributed by atoms with Crippen LogP contribution in [-0.2, 0) is 33.7 Å². The van der Waals surface area contributed by atoms with E-state index < -0.39 is 0 Å². The van der Waals surface area contributed by atoms with Gasteiger partial charge in [-0.15, -0.1) is 0 Å². The summed E-state index contributed by atoms with van der Waals surface area (Å²) in [6.45, 7) is 3.38. The number of rotatable bonds is 6. The molecule has 0 radical (unpaired) electrons. The van der Waals surface area contributed by atoms with Crippen molar-refractivity contribution in [2.45, 2.75) is 63.3 Å². The number of nitrogens with zero attached hydrogens (tertiary/aromatic N) is 1. The molecule has 0 saturated carbocycles. The number of piperidine rings is 1. The van der Waals surface area contributed by atoms with Gasteiger partial charge in [0.15, 0.2) is 0 Å². The number of nitrogens with one attached hydrogen (secondary N) is 1. The van der Waals surface area contributed by atoms with E-state index in [1.807, 2.05) is 24.3 Å². The molecule has 0 unspecified atom stereocenters. The van der Waals surface area contributed by atoms with Gasteiger partial charge >= 0.3 is 0 Å². The molecular formula is C27H34N2O3. The maximum absolute atomic E-state index is 12.9. The molecule has 5 heteroatoms. The van der Waals surface area contributed by atoms with Crippen molar-refractivity contribution in [3.63, 3.8) is 0 Å². The first kappa shape index (κ1) is 21.6. The van der Waals surface area contributed by atoms with Gasteiger partial charge in [-0.25, -0.2) is 0 Å². The molecule has 5 nitrogen and oxygen atoms in total. The Morgan fingerprint density at radius 1 is 1.06 bits per heavy atom. The van der Waals surface area contributed by atoms with E-state index in [0.717, 1.165) is 57.5 Å². The second-order valence-corrected chi connectivity index (χ2v) is 9.49. The molecule has 32 heavy (non-hydrogen) atoms. The molecule has 170 valence electrons. The van der Waals surface area contributed by atoms with Crippen LogP contribution in [-0.4, -0.2) is 48.8 Å². The molecule has 2 aliphatic heterocycles. The molecule has 1 amide bonds. The Morgan fingerprint density at radius 3 is 2.78 bits per heavy atom. The lowest BCUT2D eigenvalue weighted by Crippen LogP contribution is -2.57.